The van der Waals surface area contributed by atoms with Crippen LogP contribution in [-0.4, -0.2) is 18.4 Å². The molecule has 2 aromatic rings. The normalized spacial score (nSPS) is 21.1. The average molecular weight is 348 g/mol. The number of anilines is 2. The second-order valence-electron chi connectivity index (χ2n) is 7.43. The number of carbonyl (C=O) groups excluding carboxylic acids is 2. The molecule has 1 aliphatic carbocycles. The predicted molar refractivity (Wildman–Crippen MR) is 103 cm³/mol. The summed E-state index contributed by atoms with van der Waals surface area (Å²) in [5.74, 6) is -0.342. The smallest absolute Gasteiger partial charge is 0.230 e. The van der Waals surface area contributed by atoms with Gasteiger partial charge in [0.25, 0.3) is 0 Å². The van der Waals surface area contributed by atoms with Gasteiger partial charge in [-0.2, -0.15) is 0 Å². The molecule has 0 radical (unpaired) electrons. The summed E-state index contributed by atoms with van der Waals surface area (Å²) in [5, 5.41) is 3.04. The largest absolute Gasteiger partial charge is 0.325 e. The first kappa shape index (κ1) is 16.8. The van der Waals surface area contributed by atoms with E-state index >= 15 is 0 Å². The van der Waals surface area contributed by atoms with Crippen LogP contribution in [0.4, 0.5) is 11.4 Å². The summed E-state index contributed by atoms with van der Waals surface area (Å²) < 4.78 is 0. The van der Waals surface area contributed by atoms with Crippen molar-refractivity contribution >= 4 is 23.2 Å². The molecule has 2 aromatic carbocycles. The van der Waals surface area contributed by atoms with E-state index in [0.717, 1.165) is 41.9 Å². The number of amides is 2. The molecular formula is C22H24N2O2. The summed E-state index contributed by atoms with van der Waals surface area (Å²) in [5.41, 5.74) is 5.21. The molecular weight excluding hydrogens is 324 g/mol. The van der Waals surface area contributed by atoms with Crippen molar-refractivity contribution in [1.29, 1.82) is 0 Å². The monoisotopic (exact) mass is 348 g/mol. The van der Waals surface area contributed by atoms with Crippen molar-refractivity contribution in [3.63, 3.8) is 0 Å². The molecule has 2 aliphatic rings. The van der Waals surface area contributed by atoms with E-state index in [1.807, 2.05) is 55.1 Å². The molecule has 1 N–H and O–H groups in total. The first-order valence-corrected chi connectivity index (χ1v) is 9.32. The summed E-state index contributed by atoms with van der Waals surface area (Å²) in [4.78, 5) is 27.5. The van der Waals surface area contributed by atoms with E-state index in [2.05, 4.69) is 11.4 Å². The Bertz CT molecular complexity index is 854. The van der Waals surface area contributed by atoms with Gasteiger partial charge in [-0.05, 0) is 55.9 Å². The van der Waals surface area contributed by atoms with Crippen LogP contribution in [0, 0.1) is 25.7 Å². The van der Waals surface area contributed by atoms with Gasteiger partial charge >= 0.3 is 0 Å². The summed E-state index contributed by atoms with van der Waals surface area (Å²) in [6.07, 6.45) is 2.64. The molecule has 2 atom stereocenters. The second-order valence-corrected chi connectivity index (χ2v) is 7.43. The first-order valence-electron chi connectivity index (χ1n) is 9.32. The van der Waals surface area contributed by atoms with E-state index in [0.29, 0.717) is 6.42 Å². The van der Waals surface area contributed by atoms with Crippen molar-refractivity contribution in [2.45, 2.75) is 33.1 Å². The fourth-order valence-corrected chi connectivity index (χ4v) is 3.95. The lowest BCUT2D eigenvalue weighted by atomic mass is 10.0. The lowest BCUT2D eigenvalue weighted by Gasteiger charge is -2.29. The van der Waals surface area contributed by atoms with Gasteiger partial charge in [-0.3, -0.25) is 9.59 Å². The molecule has 0 saturated heterocycles. The number of benzene rings is 2. The Hall–Kier alpha value is -2.62. The van der Waals surface area contributed by atoms with Crippen LogP contribution in [0.1, 0.15) is 29.5 Å². The Kier molecular flexibility index (Phi) is 4.27. The SMILES string of the molecule is Cc1cccc(C)c1NC(=O)C1CC1C(=O)N1CCCc2ccccc21. The van der Waals surface area contributed by atoms with Crippen LogP contribution in [0.25, 0.3) is 0 Å². The maximum atomic E-state index is 13.0. The second kappa shape index (κ2) is 6.60. The third kappa shape index (κ3) is 3.00. The molecule has 0 bridgehead atoms. The van der Waals surface area contributed by atoms with E-state index in [4.69, 9.17) is 0 Å². The number of carbonyl (C=O) groups is 2. The van der Waals surface area contributed by atoms with Gasteiger partial charge in [-0.1, -0.05) is 36.4 Å². The molecule has 4 rings (SSSR count). The molecule has 4 nitrogen and oxygen atoms in total. The highest BCUT2D eigenvalue weighted by molar-refractivity contribution is 6.05. The lowest BCUT2D eigenvalue weighted by Crippen LogP contribution is -2.37. The zero-order valence-corrected chi connectivity index (χ0v) is 15.3. The summed E-state index contributed by atoms with van der Waals surface area (Å²) in [7, 11) is 0. The first-order chi connectivity index (χ1) is 12.6. The standard InChI is InChI=1S/C22H24N2O2/c1-14-7-5-8-15(2)20(14)23-21(25)17-13-18(17)22(26)24-12-6-10-16-9-3-4-11-19(16)24/h3-5,7-9,11,17-18H,6,10,12-13H2,1-2H3,(H,23,25). The molecule has 2 amide bonds. The van der Waals surface area contributed by atoms with E-state index in [9.17, 15) is 9.59 Å². The van der Waals surface area contributed by atoms with Gasteiger partial charge in [0.1, 0.15) is 0 Å². The Balaban J connectivity index is 1.46. The minimum absolute atomic E-state index is 0.0361. The number of hydrogen-bond acceptors (Lipinski definition) is 2. The van der Waals surface area contributed by atoms with Gasteiger partial charge < -0.3 is 10.2 Å². The highest BCUT2D eigenvalue weighted by Crippen LogP contribution is 2.43. The Labute approximate surface area is 154 Å². The van der Waals surface area contributed by atoms with Crippen LogP contribution in [-0.2, 0) is 16.0 Å². The summed E-state index contributed by atoms with van der Waals surface area (Å²) >= 11 is 0. The van der Waals surface area contributed by atoms with Crippen LogP contribution in [0.2, 0.25) is 0 Å². The number of hydrogen-bond donors (Lipinski definition) is 1. The number of fused-ring (bicyclic) bond motifs is 1. The van der Waals surface area contributed by atoms with E-state index in [1.165, 1.54) is 5.56 Å². The van der Waals surface area contributed by atoms with Gasteiger partial charge in [0, 0.05) is 17.9 Å². The molecule has 0 aromatic heterocycles. The van der Waals surface area contributed by atoms with Crippen molar-refractivity contribution in [1.82, 2.24) is 0 Å². The van der Waals surface area contributed by atoms with E-state index in [1.54, 1.807) is 0 Å². The zero-order valence-electron chi connectivity index (χ0n) is 15.3. The lowest BCUT2D eigenvalue weighted by molar-refractivity contribution is -0.123. The molecule has 1 heterocycles. The molecule has 0 spiro atoms. The third-order valence-corrected chi connectivity index (χ3v) is 5.55. The molecule has 26 heavy (non-hydrogen) atoms. The Morgan fingerprint density at radius 1 is 1.00 bits per heavy atom. The molecule has 2 unspecified atom stereocenters. The number of para-hydroxylation sites is 2. The molecule has 1 fully saturated rings. The van der Waals surface area contributed by atoms with Crippen LogP contribution < -0.4 is 10.2 Å². The van der Waals surface area contributed by atoms with Crippen molar-refractivity contribution in [3.05, 3.63) is 59.2 Å². The third-order valence-electron chi connectivity index (χ3n) is 5.55. The van der Waals surface area contributed by atoms with Crippen LogP contribution in [0.15, 0.2) is 42.5 Å². The van der Waals surface area contributed by atoms with Crippen LogP contribution >= 0.6 is 0 Å². The summed E-state index contributed by atoms with van der Waals surface area (Å²) in [6, 6.07) is 14.1. The molecule has 4 heteroatoms. The number of nitrogens with zero attached hydrogens (tertiary/aromatic N) is 1. The summed E-state index contributed by atoms with van der Waals surface area (Å²) in [6.45, 7) is 4.73. The van der Waals surface area contributed by atoms with Crippen LogP contribution in [0.3, 0.4) is 0 Å². The van der Waals surface area contributed by atoms with Gasteiger partial charge in [0.15, 0.2) is 0 Å². The fourth-order valence-electron chi connectivity index (χ4n) is 3.95. The predicted octanol–water partition coefficient (Wildman–Crippen LogP) is 3.86. The molecule has 1 aliphatic heterocycles. The Morgan fingerprint density at radius 3 is 2.50 bits per heavy atom. The number of rotatable bonds is 3. The van der Waals surface area contributed by atoms with Gasteiger partial charge in [0.05, 0.1) is 11.8 Å². The highest BCUT2D eigenvalue weighted by atomic mass is 16.2. The molecule has 134 valence electrons. The topological polar surface area (TPSA) is 49.4 Å². The van der Waals surface area contributed by atoms with Crippen molar-refractivity contribution in [3.8, 4) is 0 Å². The van der Waals surface area contributed by atoms with Crippen molar-refractivity contribution in [2.75, 3.05) is 16.8 Å². The van der Waals surface area contributed by atoms with E-state index in [-0.39, 0.29) is 23.7 Å². The maximum Gasteiger partial charge on any atom is 0.230 e. The van der Waals surface area contributed by atoms with Gasteiger partial charge in [-0.25, -0.2) is 0 Å². The van der Waals surface area contributed by atoms with Crippen LogP contribution in [0.5, 0.6) is 0 Å². The number of nitrogens with one attached hydrogen (secondary N) is 1. The minimum atomic E-state index is -0.212. The quantitative estimate of drug-likeness (QED) is 0.916. The van der Waals surface area contributed by atoms with E-state index < -0.39 is 0 Å². The average Bonchev–Trinajstić information content (AvgIpc) is 3.44. The Morgan fingerprint density at radius 2 is 1.73 bits per heavy atom. The fraction of sp³-hybridized carbons (Fsp3) is 0.364. The number of aryl methyl sites for hydroxylation is 3. The maximum absolute atomic E-state index is 13.0. The van der Waals surface area contributed by atoms with Gasteiger partial charge in [0.2, 0.25) is 11.8 Å². The highest BCUT2D eigenvalue weighted by Gasteiger charge is 2.50. The molecule has 1 saturated carbocycles. The zero-order chi connectivity index (χ0) is 18.3. The minimum Gasteiger partial charge on any atom is -0.325 e. The van der Waals surface area contributed by atoms with Crippen molar-refractivity contribution in [2.24, 2.45) is 11.8 Å². The van der Waals surface area contributed by atoms with Crippen molar-refractivity contribution < 1.29 is 9.59 Å². The van der Waals surface area contributed by atoms with Gasteiger partial charge in [-0.15, -0.1) is 0 Å².